The normalized spacial score (nSPS) is 10.6. The number of carbonyl (C=O) groups is 1. The van der Waals surface area contributed by atoms with Crippen LogP contribution < -0.4 is 5.73 Å². The van der Waals surface area contributed by atoms with Crippen LogP contribution in [-0.2, 0) is 6.42 Å². The molecule has 0 aliphatic rings. The fourth-order valence-electron chi connectivity index (χ4n) is 1.82. The van der Waals surface area contributed by atoms with Crippen molar-refractivity contribution >= 4 is 11.5 Å². The van der Waals surface area contributed by atoms with E-state index < -0.39 is 28.8 Å². The Bertz CT molecular complexity index is 638. The van der Waals surface area contributed by atoms with Crippen molar-refractivity contribution in [3.05, 3.63) is 65.0 Å². The molecule has 0 bridgehead atoms. The van der Waals surface area contributed by atoms with Gasteiger partial charge in [0.15, 0.2) is 23.2 Å². The molecule has 0 atom stereocenters. The Hall–Kier alpha value is -2.30. The maximum Gasteiger partial charge on any atom is 0.195 e. The van der Waals surface area contributed by atoms with Crippen molar-refractivity contribution in [1.29, 1.82) is 0 Å². The minimum Gasteiger partial charge on any atom is -0.399 e. The Morgan fingerprint density at radius 1 is 0.950 bits per heavy atom. The van der Waals surface area contributed by atoms with E-state index in [-0.39, 0.29) is 6.42 Å². The van der Waals surface area contributed by atoms with E-state index in [1.165, 1.54) is 0 Å². The van der Waals surface area contributed by atoms with E-state index >= 15 is 0 Å². The van der Waals surface area contributed by atoms with Gasteiger partial charge in [-0.15, -0.1) is 0 Å². The van der Waals surface area contributed by atoms with Gasteiger partial charge < -0.3 is 5.73 Å². The van der Waals surface area contributed by atoms with E-state index in [1.54, 1.807) is 24.3 Å². The molecule has 2 aromatic rings. The summed E-state index contributed by atoms with van der Waals surface area (Å²) in [6.45, 7) is 0. The fraction of sp³-hybridized carbons (Fsp3) is 0.133. The number of Topliss-reactive ketones (excluding diaryl/α,β-unsaturated/α-hetero) is 1. The summed E-state index contributed by atoms with van der Waals surface area (Å²) in [5.41, 5.74) is 6.56. The van der Waals surface area contributed by atoms with Crippen LogP contribution in [0.5, 0.6) is 0 Å². The molecule has 0 amide bonds. The highest BCUT2D eigenvalue weighted by Crippen LogP contribution is 2.18. The van der Waals surface area contributed by atoms with Gasteiger partial charge in [-0.3, -0.25) is 4.79 Å². The molecule has 0 aliphatic heterocycles. The van der Waals surface area contributed by atoms with Crippen LogP contribution in [0.25, 0.3) is 0 Å². The van der Waals surface area contributed by atoms with E-state index in [1.807, 2.05) is 0 Å². The minimum atomic E-state index is -1.62. The highest BCUT2D eigenvalue weighted by Gasteiger charge is 2.18. The predicted molar refractivity (Wildman–Crippen MR) is 69.8 cm³/mol. The van der Waals surface area contributed by atoms with Crippen molar-refractivity contribution in [2.24, 2.45) is 0 Å². The van der Waals surface area contributed by atoms with Gasteiger partial charge >= 0.3 is 0 Å². The largest absolute Gasteiger partial charge is 0.399 e. The number of anilines is 1. The first-order valence-electron chi connectivity index (χ1n) is 6.00. The summed E-state index contributed by atoms with van der Waals surface area (Å²) in [5.74, 6) is -4.94. The molecule has 2 rings (SSSR count). The Morgan fingerprint density at radius 2 is 1.60 bits per heavy atom. The third-order valence-corrected chi connectivity index (χ3v) is 2.96. The van der Waals surface area contributed by atoms with Crippen molar-refractivity contribution in [2.45, 2.75) is 12.8 Å². The van der Waals surface area contributed by atoms with Crippen LogP contribution in [0.2, 0.25) is 0 Å². The molecular formula is C15H12F3NO. The number of nitrogen functional groups attached to an aromatic ring is 1. The average molecular weight is 279 g/mol. The lowest BCUT2D eigenvalue weighted by molar-refractivity contribution is 0.0977. The van der Waals surface area contributed by atoms with Gasteiger partial charge in [-0.05, 0) is 36.2 Å². The van der Waals surface area contributed by atoms with Crippen LogP contribution >= 0.6 is 0 Å². The number of hydrogen-bond acceptors (Lipinski definition) is 2. The van der Waals surface area contributed by atoms with Gasteiger partial charge in [0, 0.05) is 12.1 Å². The minimum absolute atomic E-state index is 0.00586. The Balaban J connectivity index is 2.09. The summed E-state index contributed by atoms with van der Waals surface area (Å²) >= 11 is 0. The monoisotopic (exact) mass is 279 g/mol. The number of benzene rings is 2. The van der Waals surface area contributed by atoms with Crippen molar-refractivity contribution in [3.63, 3.8) is 0 Å². The molecule has 0 heterocycles. The molecule has 2 N–H and O–H groups in total. The van der Waals surface area contributed by atoms with Gasteiger partial charge in [-0.1, -0.05) is 12.1 Å². The Kier molecular flexibility index (Phi) is 4.08. The lowest BCUT2D eigenvalue weighted by Gasteiger charge is -2.05. The summed E-state index contributed by atoms with van der Waals surface area (Å²) in [4.78, 5) is 11.8. The van der Waals surface area contributed by atoms with Crippen molar-refractivity contribution < 1.29 is 18.0 Å². The van der Waals surface area contributed by atoms with E-state index in [2.05, 4.69) is 0 Å². The molecular weight excluding hydrogens is 267 g/mol. The third-order valence-electron chi connectivity index (χ3n) is 2.96. The molecule has 5 heteroatoms. The van der Waals surface area contributed by atoms with Crippen LogP contribution in [0.3, 0.4) is 0 Å². The second-order valence-electron chi connectivity index (χ2n) is 4.39. The predicted octanol–water partition coefficient (Wildman–Crippen LogP) is 3.50. The molecule has 0 aliphatic carbocycles. The number of hydrogen-bond donors (Lipinski definition) is 1. The summed E-state index contributed by atoms with van der Waals surface area (Å²) in [7, 11) is 0. The molecule has 0 saturated carbocycles. The number of ketones is 1. The quantitative estimate of drug-likeness (QED) is 0.529. The summed E-state index contributed by atoms with van der Waals surface area (Å²) in [5, 5.41) is 0. The van der Waals surface area contributed by atoms with E-state index in [9.17, 15) is 18.0 Å². The SMILES string of the molecule is Nc1ccc(CCC(=O)c2ccc(F)c(F)c2F)cc1. The maximum atomic E-state index is 13.4. The molecule has 0 radical (unpaired) electrons. The lowest BCUT2D eigenvalue weighted by atomic mass is 10.0. The molecule has 20 heavy (non-hydrogen) atoms. The second-order valence-corrected chi connectivity index (χ2v) is 4.39. The van der Waals surface area contributed by atoms with E-state index in [0.29, 0.717) is 12.1 Å². The topological polar surface area (TPSA) is 43.1 Å². The molecule has 2 nitrogen and oxygen atoms in total. The second kappa shape index (κ2) is 5.77. The number of halogens is 3. The molecule has 0 unspecified atom stereocenters. The van der Waals surface area contributed by atoms with Crippen LogP contribution in [0.4, 0.5) is 18.9 Å². The molecule has 0 fully saturated rings. The molecule has 2 aromatic carbocycles. The van der Waals surface area contributed by atoms with Gasteiger partial charge in [-0.25, -0.2) is 13.2 Å². The van der Waals surface area contributed by atoms with Crippen LogP contribution in [-0.4, -0.2) is 5.78 Å². The van der Waals surface area contributed by atoms with Crippen molar-refractivity contribution in [2.75, 3.05) is 5.73 Å². The standard InChI is InChI=1S/C15H12F3NO/c16-12-7-6-11(14(17)15(12)18)13(20)8-3-9-1-4-10(19)5-2-9/h1-2,4-7H,3,8,19H2. The zero-order valence-corrected chi connectivity index (χ0v) is 10.5. The molecule has 0 aromatic heterocycles. The van der Waals surface area contributed by atoms with Gasteiger partial charge in [0.1, 0.15) is 0 Å². The van der Waals surface area contributed by atoms with Crippen molar-refractivity contribution in [3.8, 4) is 0 Å². The van der Waals surface area contributed by atoms with Gasteiger partial charge in [0.25, 0.3) is 0 Å². The maximum absolute atomic E-state index is 13.4. The lowest BCUT2D eigenvalue weighted by Crippen LogP contribution is -2.07. The summed E-state index contributed by atoms with van der Waals surface area (Å²) in [6, 6.07) is 8.60. The van der Waals surface area contributed by atoms with Crippen LogP contribution in [0.1, 0.15) is 22.3 Å². The highest BCUT2D eigenvalue weighted by molar-refractivity contribution is 5.96. The highest BCUT2D eigenvalue weighted by atomic mass is 19.2. The van der Waals surface area contributed by atoms with Crippen molar-refractivity contribution in [1.82, 2.24) is 0 Å². The van der Waals surface area contributed by atoms with Crippen LogP contribution in [0, 0.1) is 17.5 Å². The third kappa shape index (κ3) is 2.99. The fourth-order valence-corrected chi connectivity index (χ4v) is 1.82. The summed E-state index contributed by atoms with van der Waals surface area (Å²) < 4.78 is 39.3. The van der Waals surface area contributed by atoms with E-state index in [0.717, 1.165) is 17.7 Å². The smallest absolute Gasteiger partial charge is 0.195 e. The number of nitrogens with two attached hydrogens (primary N) is 1. The summed E-state index contributed by atoms with van der Waals surface area (Å²) in [6.07, 6.45) is 0.378. The van der Waals surface area contributed by atoms with E-state index in [4.69, 9.17) is 5.73 Å². The first kappa shape index (κ1) is 14.1. The van der Waals surface area contributed by atoms with Gasteiger partial charge in [0.2, 0.25) is 0 Å². The zero-order valence-electron chi connectivity index (χ0n) is 10.5. The average Bonchev–Trinajstić information content (AvgIpc) is 2.44. The molecule has 0 saturated heterocycles. The van der Waals surface area contributed by atoms with Crippen LogP contribution in [0.15, 0.2) is 36.4 Å². The zero-order chi connectivity index (χ0) is 14.7. The number of carbonyl (C=O) groups excluding carboxylic acids is 1. The number of aryl methyl sites for hydroxylation is 1. The molecule has 0 spiro atoms. The van der Waals surface area contributed by atoms with Gasteiger partial charge in [-0.2, -0.15) is 0 Å². The Labute approximate surface area is 114 Å². The number of rotatable bonds is 4. The van der Waals surface area contributed by atoms with Gasteiger partial charge in [0.05, 0.1) is 5.56 Å². The first-order chi connectivity index (χ1) is 9.49. The first-order valence-corrected chi connectivity index (χ1v) is 6.00. The molecule has 104 valence electrons. The Morgan fingerprint density at radius 3 is 2.25 bits per heavy atom.